The zero-order valence-corrected chi connectivity index (χ0v) is 21.4. The molecule has 10 heteroatoms. The highest BCUT2D eigenvalue weighted by atomic mass is 16.3. The number of fused-ring (bicyclic) bond motifs is 1. The van der Waals surface area contributed by atoms with E-state index in [2.05, 4.69) is 49.9 Å². The Bertz CT molecular complexity index is 1370. The Labute approximate surface area is 203 Å². The van der Waals surface area contributed by atoms with E-state index >= 15 is 0 Å². The average molecular weight is 485 g/mol. The van der Waals surface area contributed by atoms with Crippen molar-refractivity contribution in [3.05, 3.63) is 44.5 Å². The molecule has 0 saturated heterocycles. The molecule has 4 N–H and O–H groups in total. The van der Waals surface area contributed by atoms with Gasteiger partial charge < -0.3 is 15.4 Å². The Morgan fingerprint density at radius 1 is 1.26 bits per heavy atom. The van der Waals surface area contributed by atoms with Crippen LogP contribution in [-0.2, 0) is 24.8 Å². The molecule has 2 atom stereocenters. The molecule has 1 saturated carbocycles. The summed E-state index contributed by atoms with van der Waals surface area (Å²) in [5, 5.41) is 12.9. The van der Waals surface area contributed by atoms with Crippen molar-refractivity contribution in [2.75, 3.05) is 0 Å². The lowest BCUT2D eigenvalue weighted by Gasteiger charge is -2.42. The number of carbonyl (C=O) groups is 1. The first-order valence-electron chi connectivity index (χ1n) is 12.1. The van der Waals surface area contributed by atoms with Crippen molar-refractivity contribution in [3.8, 4) is 5.88 Å². The van der Waals surface area contributed by atoms with E-state index < -0.39 is 5.69 Å². The molecule has 0 aromatic carbocycles. The summed E-state index contributed by atoms with van der Waals surface area (Å²) in [6.07, 6.45) is 2.43. The highest BCUT2D eigenvalue weighted by Crippen LogP contribution is 2.42. The molecule has 1 fully saturated rings. The second kappa shape index (κ2) is 8.73. The molecule has 1 aliphatic carbocycles. The normalized spacial score (nSPS) is 20.3. The number of aromatic amines is 2. The van der Waals surface area contributed by atoms with Gasteiger partial charge in [-0.15, -0.1) is 0 Å². The summed E-state index contributed by atoms with van der Waals surface area (Å²) in [6.45, 7) is 11.2. The minimum Gasteiger partial charge on any atom is -0.493 e. The molecule has 10 nitrogen and oxygen atoms in total. The first-order chi connectivity index (χ1) is 16.2. The van der Waals surface area contributed by atoms with Gasteiger partial charge >= 0.3 is 11.4 Å². The van der Waals surface area contributed by atoms with Gasteiger partial charge in [-0.2, -0.15) is 0 Å². The molecule has 35 heavy (non-hydrogen) atoms. The third-order valence-electron chi connectivity index (χ3n) is 7.11. The van der Waals surface area contributed by atoms with Crippen LogP contribution < -0.4 is 16.7 Å². The van der Waals surface area contributed by atoms with Gasteiger partial charge in [0, 0.05) is 31.2 Å². The third kappa shape index (κ3) is 5.06. The standard InChI is InChI=1S/C25H36N6O4/c1-24(2,3)13-31-17-8-7-15(26-20(17)30(6)23(31)35)14-9-10-25(4,5)18(11-14)28-19(32)12-16-21(33)29-22(34)27-16/h7-8,14,18,33H,9-13H2,1-6H3,(H,28,32)(H2,27,29,34). The van der Waals surface area contributed by atoms with Gasteiger partial charge in [-0.1, -0.05) is 34.6 Å². The Balaban J connectivity index is 1.56. The van der Waals surface area contributed by atoms with Crippen LogP contribution in [0.2, 0.25) is 0 Å². The molecule has 3 aromatic heterocycles. The summed E-state index contributed by atoms with van der Waals surface area (Å²) < 4.78 is 3.40. The van der Waals surface area contributed by atoms with E-state index in [-0.39, 0.29) is 52.4 Å². The molecule has 0 aliphatic heterocycles. The SMILES string of the molecule is Cn1c(=O)n(CC(C)(C)C)c2ccc(C3CCC(C)(C)C(NC(=O)Cc4[nH]c(=O)[nH]c4O)C3)nc21. The number of rotatable bonds is 5. The van der Waals surface area contributed by atoms with Crippen LogP contribution in [0.3, 0.4) is 0 Å². The van der Waals surface area contributed by atoms with Crippen LogP contribution in [0.25, 0.3) is 11.2 Å². The number of nitrogens with one attached hydrogen (secondary N) is 3. The fourth-order valence-electron chi connectivity index (χ4n) is 5.05. The first kappa shape index (κ1) is 24.8. The molecule has 1 aliphatic rings. The number of hydrogen-bond acceptors (Lipinski definition) is 5. The van der Waals surface area contributed by atoms with Crippen molar-refractivity contribution >= 4 is 17.1 Å². The molecule has 4 rings (SSSR count). The van der Waals surface area contributed by atoms with Gasteiger partial charge in [-0.05, 0) is 42.2 Å². The second-order valence-electron chi connectivity index (χ2n) is 11.7. The van der Waals surface area contributed by atoms with Gasteiger partial charge in [0.05, 0.1) is 17.6 Å². The Hall–Kier alpha value is -3.30. The minimum atomic E-state index is -0.546. The van der Waals surface area contributed by atoms with Crippen molar-refractivity contribution in [1.82, 2.24) is 29.4 Å². The maximum Gasteiger partial charge on any atom is 0.330 e. The fourth-order valence-corrected chi connectivity index (χ4v) is 5.05. The molecule has 190 valence electrons. The van der Waals surface area contributed by atoms with Gasteiger partial charge in [0.1, 0.15) is 0 Å². The molecule has 0 bridgehead atoms. The summed E-state index contributed by atoms with van der Waals surface area (Å²) in [5.74, 6) is -0.439. The molecule has 3 aromatic rings. The largest absolute Gasteiger partial charge is 0.493 e. The molecule has 2 unspecified atom stereocenters. The molecule has 0 spiro atoms. The van der Waals surface area contributed by atoms with Crippen molar-refractivity contribution in [1.29, 1.82) is 0 Å². The van der Waals surface area contributed by atoms with Crippen molar-refractivity contribution in [2.24, 2.45) is 17.9 Å². The van der Waals surface area contributed by atoms with Gasteiger partial charge in [0.15, 0.2) is 5.65 Å². The summed E-state index contributed by atoms with van der Waals surface area (Å²) in [5.41, 5.74) is 1.82. The zero-order valence-electron chi connectivity index (χ0n) is 21.4. The van der Waals surface area contributed by atoms with E-state index in [0.717, 1.165) is 24.1 Å². The maximum atomic E-state index is 12.9. The lowest BCUT2D eigenvalue weighted by Crippen LogP contribution is -2.48. The average Bonchev–Trinajstić information content (AvgIpc) is 3.18. The van der Waals surface area contributed by atoms with Crippen LogP contribution in [0.5, 0.6) is 5.88 Å². The highest BCUT2D eigenvalue weighted by Gasteiger charge is 2.38. The van der Waals surface area contributed by atoms with E-state index in [1.54, 1.807) is 16.2 Å². The Kier molecular flexibility index (Phi) is 6.19. The van der Waals surface area contributed by atoms with E-state index in [4.69, 9.17) is 4.98 Å². The van der Waals surface area contributed by atoms with E-state index in [0.29, 0.717) is 18.6 Å². The minimum absolute atomic E-state index is 0.0403. The van der Waals surface area contributed by atoms with Crippen molar-refractivity contribution in [3.63, 3.8) is 0 Å². The zero-order chi connectivity index (χ0) is 25.7. The van der Waals surface area contributed by atoms with Crippen LogP contribution in [0.15, 0.2) is 21.7 Å². The summed E-state index contributed by atoms with van der Waals surface area (Å²) in [6, 6.07) is 3.89. The summed E-state index contributed by atoms with van der Waals surface area (Å²) in [4.78, 5) is 46.6. The Morgan fingerprint density at radius 2 is 1.97 bits per heavy atom. The molecule has 1 amide bonds. The molecule has 3 heterocycles. The number of aryl methyl sites for hydroxylation is 1. The third-order valence-corrected chi connectivity index (χ3v) is 7.11. The van der Waals surface area contributed by atoms with Crippen LogP contribution >= 0.6 is 0 Å². The number of imidazole rings is 2. The lowest BCUT2D eigenvalue weighted by molar-refractivity contribution is -0.122. The van der Waals surface area contributed by atoms with E-state index in [1.165, 1.54) is 0 Å². The van der Waals surface area contributed by atoms with E-state index in [1.807, 2.05) is 12.1 Å². The van der Waals surface area contributed by atoms with Crippen LogP contribution in [-0.4, -0.2) is 41.1 Å². The van der Waals surface area contributed by atoms with Gasteiger partial charge in [-0.25, -0.2) is 14.6 Å². The predicted octanol–water partition coefficient (Wildman–Crippen LogP) is 2.52. The van der Waals surface area contributed by atoms with Crippen molar-refractivity contribution < 1.29 is 9.90 Å². The Morgan fingerprint density at radius 3 is 2.60 bits per heavy atom. The van der Waals surface area contributed by atoms with Crippen LogP contribution in [0, 0.1) is 10.8 Å². The number of aromatic nitrogens is 5. The molecular weight excluding hydrogens is 448 g/mol. The predicted molar refractivity (Wildman–Crippen MR) is 134 cm³/mol. The fraction of sp³-hybridized carbons (Fsp3) is 0.600. The van der Waals surface area contributed by atoms with Gasteiger partial charge in [0.25, 0.3) is 0 Å². The molecular formula is C25H36N6O4. The number of nitrogens with zero attached hydrogens (tertiary/aromatic N) is 3. The number of H-pyrrole nitrogens is 2. The number of hydrogen-bond donors (Lipinski definition) is 4. The van der Waals surface area contributed by atoms with E-state index in [9.17, 15) is 19.5 Å². The van der Waals surface area contributed by atoms with Crippen molar-refractivity contribution in [2.45, 2.75) is 78.8 Å². The molecule has 0 radical (unpaired) electrons. The van der Waals surface area contributed by atoms with Crippen LogP contribution in [0.1, 0.15) is 71.2 Å². The monoisotopic (exact) mass is 484 g/mol. The summed E-state index contributed by atoms with van der Waals surface area (Å²) >= 11 is 0. The topological polar surface area (TPSA) is 138 Å². The first-order valence-corrected chi connectivity index (χ1v) is 12.1. The maximum absolute atomic E-state index is 12.9. The van der Waals surface area contributed by atoms with Gasteiger partial charge in [-0.3, -0.25) is 18.9 Å². The number of amides is 1. The number of pyridine rings is 1. The summed E-state index contributed by atoms with van der Waals surface area (Å²) in [7, 11) is 1.76. The highest BCUT2D eigenvalue weighted by molar-refractivity contribution is 5.79. The number of aromatic hydroxyl groups is 1. The lowest BCUT2D eigenvalue weighted by atomic mass is 9.68. The van der Waals surface area contributed by atoms with Crippen LogP contribution in [0.4, 0.5) is 0 Å². The van der Waals surface area contributed by atoms with Gasteiger partial charge in [0.2, 0.25) is 11.8 Å². The quantitative estimate of drug-likeness (QED) is 0.441. The second-order valence-corrected chi connectivity index (χ2v) is 11.7. The number of carbonyl (C=O) groups excluding carboxylic acids is 1. The smallest absolute Gasteiger partial charge is 0.330 e.